The Morgan fingerprint density at radius 2 is 2.27 bits per heavy atom. The van der Waals surface area contributed by atoms with Crippen molar-refractivity contribution >= 4 is 5.97 Å². The van der Waals surface area contributed by atoms with Gasteiger partial charge in [0.25, 0.3) is 0 Å². The zero-order valence-electron chi connectivity index (χ0n) is 9.03. The van der Waals surface area contributed by atoms with Crippen molar-refractivity contribution < 1.29 is 9.53 Å². The Bertz CT molecular complexity index is 290. The summed E-state index contributed by atoms with van der Waals surface area (Å²) < 4.78 is 5.06. The van der Waals surface area contributed by atoms with E-state index in [2.05, 4.69) is 12.2 Å². The van der Waals surface area contributed by atoms with Crippen LogP contribution in [0, 0.1) is 0 Å². The number of esters is 1. The number of hydrogen-bond acceptors (Lipinski definition) is 3. The van der Waals surface area contributed by atoms with Crippen molar-refractivity contribution in [1.82, 2.24) is 5.32 Å². The number of carbonyl (C=O) groups excluding carboxylic acids is 1. The number of nitrogens with one attached hydrogen (secondary N) is 1. The number of hydrogen-bond donors (Lipinski definition) is 1. The molecule has 0 aromatic rings. The molecule has 0 aliphatic carbocycles. The molecule has 0 saturated heterocycles. The summed E-state index contributed by atoms with van der Waals surface area (Å²) in [5, 5.41) is 3.02. The minimum absolute atomic E-state index is 0.175. The van der Waals surface area contributed by atoms with Gasteiger partial charge in [0.2, 0.25) is 0 Å². The zero-order chi connectivity index (χ0) is 10.9. The van der Waals surface area contributed by atoms with Crippen molar-refractivity contribution in [2.45, 2.75) is 26.2 Å². The fraction of sp³-hybridized carbons (Fsp3) is 0.417. The third-order valence-corrected chi connectivity index (χ3v) is 1.98. The molecule has 0 radical (unpaired) electrons. The van der Waals surface area contributed by atoms with Gasteiger partial charge in [-0.15, -0.1) is 0 Å². The van der Waals surface area contributed by atoms with Crippen LogP contribution in [0.15, 0.2) is 36.2 Å². The van der Waals surface area contributed by atoms with Crippen molar-refractivity contribution in [3.63, 3.8) is 0 Å². The van der Waals surface area contributed by atoms with Gasteiger partial charge in [-0.25, -0.2) is 0 Å². The molecule has 0 atom stereocenters. The Balaban J connectivity index is 2.28. The summed E-state index contributed by atoms with van der Waals surface area (Å²) in [6.07, 6.45) is 11.6. The van der Waals surface area contributed by atoms with E-state index in [-0.39, 0.29) is 5.97 Å². The van der Waals surface area contributed by atoms with E-state index < -0.39 is 0 Å². The SMILES string of the molecule is CCCCOC(=O)CC1=CC=CC=CN1. The Hall–Kier alpha value is -1.51. The van der Waals surface area contributed by atoms with Crippen molar-refractivity contribution in [1.29, 1.82) is 0 Å². The van der Waals surface area contributed by atoms with Gasteiger partial charge in [0, 0.05) is 11.9 Å². The second kappa shape index (κ2) is 6.87. The standard InChI is InChI=1S/C12H17NO2/c1-2-3-9-15-12(14)10-11-7-5-4-6-8-13-11/h4-8,13H,2-3,9-10H2,1H3. The molecule has 0 amide bonds. The molecule has 1 aliphatic rings. The van der Waals surface area contributed by atoms with E-state index in [1.54, 1.807) is 6.20 Å². The van der Waals surface area contributed by atoms with Crippen LogP contribution in [0.2, 0.25) is 0 Å². The fourth-order valence-electron chi connectivity index (χ4n) is 1.14. The van der Waals surface area contributed by atoms with Crippen LogP contribution in [0.25, 0.3) is 0 Å². The molecule has 1 heterocycles. The minimum atomic E-state index is -0.175. The monoisotopic (exact) mass is 207 g/mol. The lowest BCUT2D eigenvalue weighted by molar-refractivity contribution is -0.142. The molecule has 1 aliphatic heterocycles. The third kappa shape index (κ3) is 5.05. The van der Waals surface area contributed by atoms with Crippen LogP contribution >= 0.6 is 0 Å². The molecule has 0 bridgehead atoms. The summed E-state index contributed by atoms with van der Waals surface area (Å²) in [4.78, 5) is 11.3. The van der Waals surface area contributed by atoms with Gasteiger partial charge in [-0.05, 0) is 18.6 Å². The Kier molecular flexibility index (Phi) is 5.30. The van der Waals surface area contributed by atoms with E-state index in [1.165, 1.54) is 0 Å². The van der Waals surface area contributed by atoms with Gasteiger partial charge in [0.05, 0.1) is 13.0 Å². The first-order chi connectivity index (χ1) is 7.33. The maximum absolute atomic E-state index is 11.3. The van der Waals surface area contributed by atoms with Crippen molar-refractivity contribution in [2.24, 2.45) is 0 Å². The van der Waals surface area contributed by atoms with Crippen molar-refractivity contribution in [3.05, 3.63) is 36.2 Å². The number of unbranched alkanes of at least 4 members (excludes halogenated alkanes) is 1. The van der Waals surface area contributed by atoms with E-state index in [1.807, 2.05) is 24.3 Å². The van der Waals surface area contributed by atoms with Gasteiger partial charge >= 0.3 is 5.97 Å². The molecule has 0 aromatic heterocycles. The number of carbonyl (C=O) groups is 1. The van der Waals surface area contributed by atoms with Gasteiger partial charge in [0.15, 0.2) is 0 Å². The van der Waals surface area contributed by atoms with E-state index in [9.17, 15) is 4.79 Å². The Morgan fingerprint density at radius 1 is 1.40 bits per heavy atom. The molecule has 0 saturated carbocycles. The lowest BCUT2D eigenvalue weighted by atomic mass is 10.3. The third-order valence-electron chi connectivity index (χ3n) is 1.98. The van der Waals surface area contributed by atoms with Gasteiger partial charge in [-0.1, -0.05) is 25.5 Å². The summed E-state index contributed by atoms with van der Waals surface area (Å²) in [6, 6.07) is 0. The van der Waals surface area contributed by atoms with E-state index >= 15 is 0 Å². The molecule has 0 unspecified atom stereocenters. The smallest absolute Gasteiger partial charge is 0.311 e. The maximum Gasteiger partial charge on any atom is 0.311 e. The molecule has 15 heavy (non-hydrogen) atoms. The van der Waals surface area contributed by atoms with E-state index in [0.717, 1.165) is 18.5 Å². The van der Waals surface area contributed by atoms with Crippen molar-refractivity contribution in [3.8, 4) is 0 Å². The molecule has 0 aromatic carbocycles. The molecule has 0 fully saturated rings. The summed E-state index contributed by atoms with van der Waals surface area (Å²) in [6.45, 7) is 2.59. The highest BCUT2D eigenvalue weighted by molar-refractivity contribution is 5.72. The maximum atomic E-state index is 11.3. The second-order valence-electron chi connectivity index (χ2n) is 3.33. The first-order valence-corrected chi connectivity index (χ1v) is 5.27. The largest absolute Gasteiger partial charge is 0.465 e. The van der Waals surface area contributed by atoms with Crippen LogP contribution in [0.5, 0.6) is 0 Å². The summed E-state index contributed by atoms with van der Waals surface area (Å²) >= 11 is 0. The van der Waals surface area contributed by atoms with Crippen molar-refractivity contribution in [2.75, 3.05) is 6.61 Å². The lowest BCUT2D eigenvalue weighted by Crippen LogP contribution is -2.12. The summed E-state index contributed by atoms with van der Waals surface area (Å²) in [5.74, 6) is -0.175. The molecular formula is C12H17NO2. The average molecular weight is 207 g/mol. The first-order valence-electron chi connectivity index (χ1n) is 5.27. The molecule has 1 rings (SSSR count). The van der Waals surface area contributed by atoms with Gasteiger partial charge < -0.3 is 10.1 Å². The fourth-order valence-corrected chi connectivity index (χ4v) is 1.14. The first kappa shape index (κ1) is 11.6. The topological polar surface area (TPSA) is 38.3 Å². The molecule has 3 heteroatoms. The van der Waals surface area contributed by atoms with Crippen LogP contribution in [0.1, 0.15) is 26.2 Å². The highest BCUT2D eigenvalue weighted by Gasteiger charge is 2.05. The van der Waals surface area contributed by atoms with Crippen LogP contribution in [0.3, 0.4) is 0 Å². The molecule has 1 N–H and O–H groups in total. The molecular weight excluding hydrogens is 190 g/mol. The Labute approximate surface area is 90.5 Å². The van der Waals surface area contributed by atoms with Gasteiger partial charge in [0.1, 0.15) is 0 Å². The highest BCUT2D eigenvalue weighted by atomic mass is 16.5. The number of rotatable bonds is 5. The summed E-state index contributed by atoms with van der Waals surface area (Å²) in [7, 11) is 0. The molecule has 0 spiro atoms. The predicted molar refractivity (Wildman–Crippen MR) is 60.0 cm³/mol. The number of ether oxygens (including phenoxy) is 1. The quantitative estimate of drug-likeness (QED) is 0.555. The Morgan fingerprint density at radius 3 is 3.07 bits per heavy atom. The molecule has 3 nitrogen and oxygen atoms in total. The lowest BCUT2D eigenvalue weighted by Gasteiger charge is -2.06. The average Bonchev–Trinajstić information content (AvgIpc) is 2.47. The highest BCUT2D eigenvalue weighted by Crippen LogP contribution is 2.03. The van der Waals surface area contributed by atoms with Crippen LogP contribution in [-0.2, 0) is 9.53 Å². The van der Waals surface area contributed by atoms with Crippen LogP contribution in [-0.4, -0.2) is 12.6 Å². The van der Waals surface area contributed by atoms with Gasteiger partial charge in [-0.2, -0.15) is 0 Å². The summed E-state index contributed by atoms with van der Waals surface area (Å²) in [5.41, 5.74) is 0.862. The van der Waals surface area contributed by atoms with Crippen LogP contribution < -0.4 is 5.32 Å². The van der Waals surface area contributed by atoms with Crippen LogP contribution in [0.4, 0.5) is 0 Å². The zero-order valence-corrected chi connectivity index (χ0v) is 9.03. The van der Waals surface area contributed by atoms with E-state index in [0.29, 0.717) is 13.0 Å². The minimum Gasteiger partial charge on any atom is -0.465 e. The number of allylic oxidation sites excluding steroid dienone is 4. The second-order valence-corrected chi connectivity index (χ2v) is 3.33. The normalized spacial score (nSPS) is 14.1. The van der Waals surface area contributed by atoms with Gasteiger partial charge in [-0.3, -0.25) is 4.79 Å². The predicted octanol–water partition coefficient (Wildman–Crippen LogP) is 2.28. The molecule has 82 valence electrons. The van der Waals surface area contributed by atoms with E-state index in [4.69, 9.17) is 4.74 Å².